The average Bonchev–Trinajstić information content (AvgIpc) is 2.60. The Morgan fingerprint density at radius 3 is 2.46 bits per heavy atom. The molecule has 0 aliphatic rings. The molecule has 3 aromatic carbocycles. The monoisotopic (exact) mass is 338 g/mol. The Morgan fingerprint density at radius 1 is 1.00 bits per heavy atom. The second-order valence-corrected chi connectivity index (χ2v) is 6.20. The minimum Gasteiger partial charge on any atom is -0.325 e. The lowest BCUT2D eigenvalue weighted by Crippen LogP contribution is -2.30. The summed E-state index contributed by atoms with van der Waals surface area (Å²) in [6.45, 7) is 2.27. The van der Waals surface area contributed by atoms with Crippen LogP contribution in [0.15, 0.2) is 66.7 Å². The van der Waals surface area contributed by atoms with Gasteiger partial charge in [0, 0.05) is 16.8 Å². The van der Waals surface area contributed by atoms with Crippen molar-refractivity contribution in [2.24, 2.45) is 0 Å². The van der Waals surface area contributed by atoms with E-state index in [2.05, 4.69) is 16.7 Å². The van der Waals surface area contributed by atoms with Gasteiger partial charge in [-0.05, 0) is 47.5 Å². The van der Waals surface area contributed by atoms with Crippen molar-refractivity contribution in [3.05, 3.63) is 77.3 Å². The van der Waals surface area contributed by atoms with Crippen LogP contribution in [0.25, 0.3) is 10.8 Å². The van der Waals surface area contributed by atoms with E-state index < -0.39 is 0 Å². The number of hydrogen-bond acceptors (Lipinski definition) is 2. The van der Waals surface area contributed by atoms with E-state index in [0.717, 1.165) is 22.0 Å². The van der Waals surface area contributed by atoms with Gasteiger partial charge >= 0.3 is 0 Å². The summed E-state index contributed by atoms with van der Waals surface area (Å²) in [4.78, 5) is 12.1. The highest BCUT2D eigenvalue weighted by molar-refractivity contribution is 6.30. The average molecular weight is 339 g/mol. The van der Waals surface area contributed by atoms with Crippen LogP contribution in [0.1, 0.15) is 18.5 Å². The molecule has 24 heavy (non-hydrogen) atoms. The van der Waals surface area contributed by atoms with Crippen molar-refractivity contribution in [3.63, 3.8) is 0 Å². The molecule has 122 valence electrons. The first-order chi connectivity index (χ1) is 11.6. The molecule has 0 saturated carbocycles. The Morgan fingerprint density at radius 2 is 1.71 bits per heavy atom. The SMILES string of the molecule is C[C@H](NCC(=O)Nc1ccc2ccccc2c1)c1ccc(Cl)cc1. The molecule has 0 aromatic heterocycles. The zero-order chi connectivity index (χ0) is 16.9. The number of rotatable bonds is 5. The van der Waals surface area contributed by atoms with Crippen molar-refractivity contribution in [2.75, 3.05) is 11.9 Å². The van der Waals surface area contributed by atoms with E-state index in [1.54, 1.807) is 0 Å². The van der Waals surface area contributed by atoms with E-state index in [9.17, 15) is 4.79 Å². The molecule has 0 bridgehead atoms. The number of benzene rings is 3. The molecular weight excluding hydrogens is 320 g/mol. The predicted octanol–water partition coefficient (Wildman–Crippen LogP) is 4.78. The van der Waals surface area contributed by atoms with Crippen molar-refractivity contribution in [1.29, 1.82) is 0 Å². The molecule has 0 saturated heterocycles. The van der Waals surface area contributed by atoms with Crippen LogP contribution in [0.4, 0.5) is 5.69 Å². The van der Waals surface area contributed by atoms with E-state index in [-0.39, 0.29) is 18.5 Å². The van der Waals surface area contributed by atoms with Crippen molar-refractivity contribution >= 4 is 34.0 Å². The molecule has 0 fully saturated rings. The molecule has 3 rings (SSSR count). The lowest BCUT2D eigenvalue weighted by atomic mass is 10.1. The third kappa shape index (κ3) is 4.13. The third-order valence-electron chi connectivity index (χ3n) is 3.97. The van der Waals surface area contributed by atoms with Crippen LogP contribution in [-0.2, 0) is 4.79 Å². The summed E-state index contributed by atoms with van der Waals surface area (Å²) in [6.07, 6.45) is 0. The lowest BCUT2D eigenvalue weighted by Gasteiger charge is -2.14. The molecule has 1 amide bonds. The Labute approximate surface area is 146 Å². The van der Waals surface area contributed by atoms with Crippen LogP contribution in [-0.4, -0.2) is 12.5 Å². The molecule has 0 radical (unpaired) electrons. The van der Waals surface area contributed by atoms with E-state index in [4.69, 9.17) is 11.6 Å². The zero-order valence-corrected chi connectivity index (χ0v) is 14.2. The van der Waals surface area contributed by atoms with E-state index in [1.165, 1.54) is 0 Å². The van der Waals surface area contributed by atoms with Gasteiger partial charge in [0.25, 0.3) is 0 Å². The molecule has 0 aliphatic heterocycles. The van der Waals surface area contributed by atoms with Gasteiger partial charge in [-0.3, -0.25) is 4.79 Å². The van der Waals surface area contributed by atoms with Crippen molar-refractivity contribution < 1.29 is 4.79 Å². The lowest BCUT2D eigenvalue weighted by molar-refractivity contribution is -0.115. The van der Waals surface area contributed by atoms with Crippen LogP contribution >= 0.6 is 11.6 Å². The minimum atomic E-state index is -0.0638. The summed E-state index contributed by atoms with van der Waals surface area (Å²) in [5.41, 5.74) is 1.90. The maximum atomic E-state index is 12.1. The number of fused-ring (bicyclic) bond motifs is 1. The Balaban J connectivity index is 1.57. The molecule has 4 heteroatoms. The smallest absolute Gasteiger partial charge is 0.238 e. The first kappa shape index (κ1) is 16.5. The number of anilines is 1. The molecule has 0 unspecified atom stereocenters. The van der Waals surface area contributed by atoms with Crippen molar-refractivity contribution in [1.82, 2.24) is 5.32 Å². The summed E-state index contributed by atoms with van der Waals surface area (Å²) < 4.78 is 0. The topological polar surface area (TPSA) is 41.1 Å². The molecule has 0 heterocycles. The van der Waals surface area contributed by atoms with E-state index in [1.807, 2.05) is 67.6 Å². The number of halogens is 1. The maximum absolute atomic E-state index is 12.1. The largest absolute Gasteiger partial charge is 0.325 e. The number of hydrogen-bond donors (Lipinski definition) is 2. The fourth-order valence-electron chi connectivity index (χ4n) is 2.59. The highest BCUT2D eigenvalue weighted by Crippen LogP contribution is 2.19. The molecule has 1 atom stereocenters. The van der Waals surface area contributed by atoms with Gasteiger partial charge in [-0.1, -0.05) is 54.1 Å². The fourth-order valence-corrected chi connectivity index (χ4v) is 2.71. The molecule has 0 spiro atoms. The Hall–Kier alpha value is -2.36. The van der Waals surface area contributed by atoms with Crippen molar-refractivity contribution in [3.8, 4) is 0 Å². The van der Waals surface area contributed by atoms with Gasteiger partial charge in [-0.15, -0.1) is 0 Å². The van der Waals surface area contributed by atoms with Gasteiger partial charge in [0.05, 0.1) is 6.54 Å². The second kappa shape index (κ2) is 7.47. The van der Waals surface area contributed by atoms with Gasteiger partial charge in [0.1, 0.15) is 0 Å². The highest BCUT2D eigenvalue weighted by atomic mass is 35.5. The van der Waals surface area contributed by atoms with E-state index >= 15 is 0 Å². The third-order valence-corrected chi connectivity index (χ3v) is 4.22. The quantitative estimate of drug-likeness (QED) is 0.702. The van der Waals surface area contributed by atoms with Crippen LogP contribution < -0.4 is 10.6 Å². The summed E-state index contributed by atoms with van der Waals surface area (Å²) >= 11 is 5.89. The normalized spacial score (nSPS) is 12.1. The number of amides is 1. The van der Waals surface area contributed by atoms with Crippen LogP contribution in [0.3, 0.4) is 0 Å². The highest BCUT2D eigenvalue weighted by Gasteiger charge is 2.08. The molecule has 3 nitrogen and oxygen atoms in total. The van der Waals surface area contributed by atoms with Crippen LogP contribution in [0, 0.1) is 0 Å². The summed E-state index contributed by atoms with van der Waals surface area (Å²) in [5.74, 6) is -0.0638. The van der Waals surface area contributed by atoms with Gasteiger partial charge in [-0.2, -0.15) is 0 Å². The minimum absolute atomic E-state index is 0.0638. The Bertz CT molecular complexity index is 846. The maximum Gasteiger partial charge on any atom is 0.238 e. The summed E-state index contributed by atoms with van der Waals surface area (Å²) in [7, 11) is 0. The predicted molar refractivity (Wildman–Crippen MR) is 100 cm³/mol. The second-order valence-electron chi connectivity index (χ2n) is 5.76. The number of nitrogens with one attached hydrogen (secondary N) is 2. The molecule has 2 N–H and O–H groups in total. The fraction of sp³-hybridized carbons (Fsp3) is 0.150. The zero-order valence-electron chi connectivity index (χ0n) is 13.4. The van der Waals surface area contributed by atoms with E-state index in [0.29, 0.717) is 5.02 Å². The first-order valence-electron chi connectivity index (χ1n) is 7.89. The van der Waals surface area contributed by atoms with Gasteiger partial charge in [0.15, 0.2) is 0 Å². The number of carbonyl (C=O) groups is 1. The molecular formula is C20H19ClN2O. The van der Waals surface area contributed by atoms with Crippen molar-refractivity contribution in [2.45, 2.75) is 13.0 Å². The van der Waals surface area contributed by atoms with Gasteiger partial charge in [0.2, 0.25) is 5.91 Å². The molecule has 3 aromatic rings. The first-order valence-corrected chi connectivity index (χ1v) is 8.27. The summed E-state index contributed by atoms with van der Waals surface area (Å²) in [6, 6.07) is 21.7. The Kier molecular flexibility index (Phi) is 5.14. The van der Waals surface area contributed by atoms with Crippen LogP contribution in [0.2, 0.25) is 5.02 Å². The number of carbonyl (C=O) groups excluding carboxylic acids is 1. The van der Waals surface area contributed by atoms with Crippen LogP contribution in [0.5, 0.6) is 0 Å². The standard InChI is InChI=1S/C20H19ClN2O/c1-14(15-6-9-18(21)10-7-15)22-13-20(24)23-19-11-8-16-4-2-3-5-17(16)12-19/h2-12,14,22H,13H2,1H3,(H,23,24)/t14-/m0/s1. The molecule has 0 aliphatic carbocycles. The van der Waals surface area contributed by atoms with Gasteiger partial charge in [-0.25, -0.2) is 0 Å². The van der Waals surface area contributed by atoms with Gasteiger partial charge < -0.3 is 10.6 Å². The summed E-state index contributed by atoms with van der Waals surface area (Å²) in [5, 5.41) is 9.12.